The van der Waals surface area contributed by atoms with E-state index in [1.807, 2.05) is 6.07 Å². The van der Waals surface area contributed by atoms with Gasteiger partial charge in [0.2, 0.25) is 10.0 Å². The zero-order chi connectivity index (χ0) is 18.1. The Morgan fingerprint density at radius 1 is 1.19 bits per heavy atom. The van der Waals surface area contributed by atoms with Crippen LogP contribution in [-0.4, -0.2) is 59.6 Å². The molecule has 0 bridgehead atoms. The Hall–Kier alpha value is -0.910. The van der Waals surface area contributed by atoms with Crippen LogP contribution in [0.2, 0.25) is 0 Å². The van der Waals surface area contributed by atoms with Gasteiger partial charge in [0.25, 0.3) is 0 Å². The standard InChI is InChI=1S/C17H29N5O2S.HI/c1-18-17(20-9-12-22-10-4-3-5-11-22)21-14-15-7-6-8-16(13-15)25(23,24)19-2;/h6-8,13,19H,3-5,9-12,14H2,1-2H3,(H2,18,20,21);1H. The molecule has 1 aromatic carbocycles. The predicted molar refractivity (Wildman–Crippen MR) is 117 cm³/mol. The molecule has 2 rings (SSSR count). The van der Waals surface area contributed by atoms with E-state index in [0.717, 1.165) is 24.6 Å². The monoisotopic (exact) mass is 495 g/mol. The highest BCUT2D eigenvalue weighted by Gasteiger charge is 2.12. The molecule has 26 heavy (non-hydrogen) atoms. The van der Waals surface area contributed by atoms with E-state index in [9.17, 15) is 8.42 Å². The van der Waals surface area contributed by atoms with Crippen LogP contribution in [0.25, 0.3) is 0 Å². The van der Waals surface area contributed by atoms with E-state index >= 15 is 0 Å². The van der Waals surface area contributed by atoms with Gasteiger partial charge in [0, 0.05) is 26.7 Å². The Kier molecular flexibility index (Phi) is 10.4. The second kappa shape index (κ2) is 11.7. The summed E-state index contributed by atoms with van der Waals surface area (Å²) in [5.41, 5.74) is 0.885. The molecule has 0 radical (unpaired) electrons. The molecule has 1 heterocycles. The Morgan fingerprint density at radius 2 is 1.92 bits per heavy atom. The van der Waals surface area contributed by atoms with Gasteiger partial charge >= 0.3 is 0 Å². The second-order valence-corrected chi connectivity index (χ2v) is 8.00. The number of nitrogens with zero attached hydrogens (tertiary/aromatic N) is 2. The highest BCUT2D eigenvalue weighted by molar-refractivity contribution is 14.0. The summed E-state index contributed by atoms with van der Waals surface area (Å²) in [7, 11) is -0.275. The lowest BCUT2D eigenvalue weighted by atomic mass is 10.1. The zero-order valence-electron chi connectivity index (χ0n) is 15.5. The van der Waals surface area contributed by atoms with Gasteiger partial charge in [-0.25, -0.2) is 13.1 Å². The van der Waals surface area contributed by atoms with Crippen molar-refractivity contribution in [2.45, 2.75) is 30.7 Å². The van der Waals surface area contributed by atoms with Crippen molar-refractivity contribution in [3.05, 3.63) is 29.8 Å². The van der Waals surface area contributed by atoms with E-state index in [0.29, 0.717) is 6.54 Å². The van der Waals surface area contributed by atoms with Crippen LogP contribution < -0.4 is 15.4 Å². The van der Waals surface area contributed by atoms with E-state index in [2.05, 4.69) is 25.2 Å². The van der Waals surface area contributed by atoms with Gasteiger partial charge in [0.1, 0.15) is 0 Å². The average molecular weight is 495 g/mol. The molecule has 0 amide bonds. The van der Waals surface area contributed by atoms with Gasteiger partial charge < -0.3 is 15.5 Å². The summed E-state index contributed by atoms with van der Waals surface area (Å²) in [5.74, 6) is 0.721. The molecule has 1 aliphatic rings. The fourth-order valence-electron chi connectivity index (χ4n) is 2.86. The van der Waals surface area contributed by atoms with Crippen LogP contribution in [0.5, 0.6) is 0 Å². The van der Waals surface area contributed by atoms with Crippen molar-refractivity contribution in [1.29, 1.82) is 0 Å². The van der Waals surface area contributed by atoms with Crippen LogP contribution in [0.1, 0.15) is 24.8 Å². The molecule has 148 valence electrons. The van der Waals surface area contributed by atoms with Gasteiger partial charge in [0.05, 0.1) is 4.90 Å². The lowest BCUT2D eigenvalue weighted by Crippen LogP contribution is -2.42. The molecule has 7 nitrogen and oxygen atoms in total. The summed E-state index contributed by atoms with van der Waals surface area (Å²) in [4.78, 5) is 6.95. The SMILES string of the molecule is CN=C(NCCN1CCCCC1)NCc1cccc(S(=O)(=O)NC)c1.I. The Labute approximate surface area is 174 Å². The second-order valence-electron chi connectivity index (χ2n) is 6.11. The maximum atomic E-state index is 11.9. The minimum Gasteiger partial charge on any atom is -0.355 e. The quantitative estimate of drug-likeness (QED) is 0.302. The number of rotatable bonds is 7. The summed E-state index contributed by atoms with van der Waals surface area (Å²) >= 11 is 0. The molecule has 3 N–H and O–H groups in total. The number of halogens is 1. The zero-order valence-corrected chi connectivity index (χ0v) is 18.6. The molecule has 0 atom stereocenters. The normalized spacial score (nSPS) is 16.0. The van der Waals surface area contributed by atoms with Gasteiger partial charge in [-0.3, -0.25) is 4.99 Å². The summed E-state index contributed by atoms with van der Waals surface area (Å²) in [6, 6.07) is 6.89. The molecule has 0 aliphatic carbocycles. The highest BCUT2D eigenvalue weighted by atomic mass is 127. The summed E-state index contributed by atoms with van der Waals surface area (Å²) in [5, 5.41) is 6.53. The number of sulfonamides is 1. The Bertz CT molecular complexity index is 675. The van der Waals surface area contributed by atoms with Crippen molar-refractivity contribution in [1.82, 2.24) is 20.3 Å². The van der Waals surface area contributed by atoms with Crippen LogP contribution in [-0.2, 0) is 16.6 Å². The summed E-state index contributed by atoms with van der Waals surface area (Å²) in [6.07, 6.45) is 3.92. The van der Waals surface area contributed by atoms with Gasteiger partial charge in [-0.15, -0.1) is 24.0 Å². The number of nitrogens with one attached hydrogen (secondary N) is 3. The van der Waals surface area contributed by atoms with E-state index in [4.69, 9.17) is 0 Å². The number of aliphatic imine (C=N–C) groups is 1. The van der Waals surface area contributed by atoms with Crippen LogP contribution in [0, 0.1) is 0 Å². The summed E-state index contributed by atoms with van der Waals surface area (Å²) < 4.78 is 26.1. The summed E-state index contributed by atoms with van der Waals surface area (Å²) in [6.45, 7) is 4.72. The number of likely N-dealkylation sites (tertiary alicyclic amines) is 1. The van der Waals surface area contributed by atoms with Gasteiger partial charge in [-0.1, -0.05) is 18.6 Å². The maximum absolute atomic E-state index is 11.9. The molecular weight excluding hydrogens is 465 g/mol. The van der Waals surface area contributed by atoms with Gasteiger partial charge in [-0.05, 0) is 50.7 Å². The minimum absolute atomic E-state index is 0. The predicted octanol–water partition coefficient (Wildman–Crippen LogP) is 1.36. The van der Waals surface area contributed by atoms with Crippen LogP contribution >= 0.6 is 24.0 Å². The van der Waals surface area contributed by atoms with Crippen molar-refractivity contribution in [2.75, 3.05) is 40.3 Å². The van der Waals surface area contributed by atoms with Crippen molar-refractivity contribution in [2.24, 2.45) is 4.99 Å². The van der Waals surface area contributed by atoms with E-state index in [1.54, 1.807) is 25.2 Å². The van der Waals surface area contributed by atoms with Crippen LogP contribution in [0.4, 0.5) is 0 Å². The highest BCUT2D eigenvalue weighted by Crippen LogP contribution is 2.11. The number of benzene rings is 1. The third kappa shape index (κ3) is 7.37. The molecule has 9 heteroatoms. The average Bonchev–Trinajstić information content (AvgIpc) is 2.65. The fraction of sp³-hybridized carbons (Fsp3) is 0.588. The Balaban J connectivity index is 0.00000338. The maximum Gasteiger partial charge on any atom is 0.240 e. The number of hydrogen-bond acceptors (Lipinski definition) is 4. The fourth-order valence-corrected chi connectivity index (χ4v) is 3.66. The number of piperidine rings is 1. The molecule has 0 aromatic heterocycles. The molecule has 0 spiro atoms. The molecule has 0 unspecified atom stereocenters. The third-order valence-corrected chi connectivity index (χ3v) is 5.74. The Morgan fingerprint density at radius 3 is 2.58 bits per heavy atom. The lowest BCUT2D eigenvalue weighted by molar-refractivity contribution is 0.232. The molecule has 1 aromatic rings. The van der Waals surface area contributed by atoms with Crippen LogP contribution in [0.3, 0.4) is 0 Å². The van der Waals surface area contributed by atoms with Crippen molar-refractivity contribution in [3.8, 4) is 0 Å². The van der Waals surface area contributed by atoms with Gasteiger partial charge in [-0.2, -0.15) is 0 Å². The first kappa shape index (κ1) is 23.1. The van der Waals surface area contributed by atoms with Crippen molar-refractivity contribution < 1.29 is 8.42 Å². The van der Waals surface area contributed by atoms with Gasteiger partial charge in [0.15, 0.2) is 5.96 Å². The minimum atomic E-state index is -3.42. The molecular formula is C17H30IN5O2S. The third-order valence-electron chi connectivity index (χ3n) is 4.33. The first-order valence-electron chi connectivity index (χ1n) is 8.74. The molecule has 1 fully saturated rings. The van der Waals surface area contributed by atoms with E-state index in [1.165, 1.54) is 39.4 Å². The smallest absolute Gasteiger partial charge is 0.240 e. The molecule has 1 aliphatic heterocycles. The van der Waals surface area contributed by atoms with Crippen molar-refractivity contribution in [3.63, 3.8) is 0 Å². The first-order valence-corrected chi connectivity index (χ1v) is 10.2. The topological polar surface area (TPSA) is 85.8 Å². The molecule has 1 saturated heterocycles. The van der Waals surface area contributed by atoms with Crippen molar-refractivity contribution >= 4 is 40.0 Å². The van der Waals surface area contributed by atoms with Crippen LogP contribution in [0.15, 0.2) is 34.2 Å². The number of guanidine groups is 1. The first-order chi connectivity index (χ1) is 12.0. The van der Waals surface area contributed by atoms with E-state index in [-0.39, 0.29) is 28.9 Å². The molecule has 0 saturated carbocycles. The largest absolute Gasteiger partial charge is 0.355 e. The number of hydrogen-bond donors (Lipinski definition) is 3. The van der Waals surface area contributed by atoms with E-state index < -0.39 is 10.0 Å². The lowest BCUT2D eigenvalue weighted by Gasteiger charge is -2.26.